The molecule has 2 N–H and O–H groups in total. The Labute approximate surface area is 121 Å². The maximum atomic E-state index is 12.0. The summed E-state index contributed by atoms with van der Waals surface area (Å²) >= 11 is 1.37. The molecular formula is C13H18N2O4S. The number of carboxylic acids is 1. The average molecular weight is 298 g/mol. The molecule has 110 valence electrons. The number of nitrogens with one attached hydrogen (secondary N) is 1. The molecule has 1 aliphatic rings. The van der Waals surface area contributed by atoms with Crippen LogP contribution in [0.5, 0.6) is 0 Å². The SMILES string of the molecule is CC(C)C(NC(=O)c1csc(C2CCCO2)n1)C(=O)O. The number of carbonyl (C=O) groups is 2. The highest BCUT2D eigenvalue weighted by Gasteiger charge is 2.26. The number of rotatable bonds is 5. The van der Waals surface area contributed by atoms with E-state index in [2.05, 4.69) is 10.3 Å². The zero-order chi connectivity index (χ0) is 14.7. The summed E-state index contributed by atoms with van der Waals surface area (Å²) in [6.45, 7) is 4.22. The van der Waals surface area contributed by atoms with E-state index in [4.69, 9.17) is 9.84 Å². The molecule has 1 saturated heterocycles. The van der Waals surface area contributed by atoms with Crippen molar-refractivity contribution in [1.82, 2.24) is 10.3 Å². The first-order chi connectivity index (χ1) is 9.49. The van der Waals surface area contributed by atoms with Crippen molar-refractivity contribution in [2.75, 3.05) is 6.61 Å². The normalized spacial score (nSPS) is 20.1. The molecule has 0 aromatic carbocycles. The molecule has 0 bridgehead atoms. The first-order valence-electron chi connectivity index (χ1n) is 6.59. The van der Waals surface area contributed by atoms with Gasteiger partial charge in [-0.05, 0) is 18.8 Å². The molecule has 2 unspecified atom stereocenters. The Morgan fingerprint density at radius 2 is 2.30 bits per heavy atom. The van der Waals surface area contributed by atoms with E-state index in [1.54, 1.807) is 19.2 Å². The van der Waals surface area contributed by atoms with E-state index in [-0.39, 0.29) is 17.7 Å². The Morgan fingerprint density at radius 1 is 1.55 bits per heavy atom. The molecule has 6 nitrogen and oxygen atoms in total. The third kappa shape index (κ3) is 3.34. The monoisotopic (exact) mass is 298 g/mol. The second-order valence-corrected chi connectivity index (χ2v) is 6.00. The minimum absolute atomic E-state index is 0.0260. The lowest BCUT2D eigenvalue weighted by atomic mass is 10.0. The standard InChI is InChI=1S/C13H18N2O4S/c1-7(2)10(13(17)18)15-11(16)8-6-20-12(14-8)9-4-3-5-19-9/h6-7,9-10H,3-5H2,1-2H3,(H,15,16)(H,17,18). The van der Waals surface area contributed by atoms with Crippen molar-refractivity contribution in [3.05, 3.63) is 16.1 Å². The van der Waals surface area contributed by atoms with Gasteiger partial charge in [-0.1, -0.05) is 13.8 Å². The van der Waals surface area contributed by atoms with Crippen LogP contribution in [0.4, 0.5) is 0 Å². The number of aromatic nitrogens is 1. The highest BCUT2D eigenvalue weighted by atomic mass is 32.1. The highest BCUT2D eigenvalue weighted by Crippen LogP contribution is 2.30. The number of aliphatic carboxylic acids is 1. The fourth-order valence-corrected chi connectivity index (χ4v) is 2.92. The Morgan fingerprint density at radius 3 is 2.85 bits per heavy atom. The topological polar surface area (TPSA) is 88.5 Å². The first-order valence-corrected chi connectivity index (χ1v) is 7.47. The number of thiazole rings is 1. The molecule has 1 fully saturated rings. The van der Waals surface area contributed by atoms with Crippen LogP contribution in [0.2, 0.25) is 0 Å². The molecule has 2 atom stereocenters. The van der Waals surface area contributed by atoms with Crippen molar-refractivity contribution < 1.29 is 19.4 Å². The second-order valence-electron chi connectivity index (χ2n) is 5.11. The first kappa shape index (κ1) is 14.9. The van der Waals surface area contributed by atoms with Crippen LogP contribution in [0.25, 0.3) is 0 Å². The van der Waals surface area contributed by atoms with Crippen molar-refractivity contribution in [2.24, 2.45) is 5.92 Å². The van der Waals surface area contributed by atoms with Crippen molar-refractivity contribution >= 4 is 23.2 Å². The lowest BCUT2D eigenvalue weighted by Crippen LogP contribution is -2.44. The maximum absolute atomic E-state index is 12.0. The van der Waals surface area contributed by atoms with Gasteiger partial charge in [-0.3, -0.25) is 4.79 Å². The number of hydrogen-bond donors (Lipinski definition) is 2. The average Bonchev–Trinajstić information content (AvgIpc) is 3.04. The molecule has 0 aliphatic carbocycles. The molecule has 0 radical (unpaired) electrons. The minimum atomic E-state index is -1.04. The summed E-state index contributed by atoms with van der Waals surface area (Å²) in [5.74, 6) is -1.68. The minimum Gasteiger partial charge on any atom is -0.480 e. The summed E-state index contributed by atoms with van der Waals surface area (Å²) in [6.07, 6.45) is 1.89. The van der Waals surface area contributed by atoms with Crippen LogP contribution in [0, 0.1) is 5.92 Å². The van der Waals surface area contributed by atoms with E-state index < -0.39 is 17.9 Å². The van der Waals surface area contributed by atoms with Gasteiger partial charge in [0.2, 0.25) is 0 Å². The van der Waals surface area contributed by atoms with Gasteiger partial charge >= 0.3 is 5.97 Å². The van der Waals surface area contributed by atoms with Gasteiger partial charge in [-0.15, -0.1) is 11.3 Å². The summed E-state index contributed by atoms with van der Waals surface area (Å²) in [4.78, 5) is 27.3. The van der Waals surface area contributed by atoms with Crippen LogP contribution < -0.4 is 5.32 Å². The molecule has 2 rings (SSSR count). The predicted molar refractivity (Wildman–Crippen MR) is 73.8 cm³/mol. The van der Waals surface area contributed by atoms with E-state index in [0.717, 1.165) is 24.5 Å². The Bertz CT molecular complexity index is 494. The summed E-state index contributed by atoms with van der Waals surface area (Å²) in [5, 5.41) is 14.0. The number of carboxylic acid groups (broad SMARTS) is 1. The van der Waals surface area contributed by atoms with Gasteiger partial charge in [0.15, 0.2) is 0 Å². The third-order valence-corrected chi connectivity index (χ3v) is 4.12. The van der Waals surface area contributed by atoms with E-state index >= 15 is 0 Å². The van der Waals surface area contributed by atoms with Crippen LogP contribution in [-0.4, -0.2) is 34.6 Å². The number of ether oxygens (including phenoxy) is 1. The van der Waals surface area contributed by atoms with Gasteiger partial charge in [0.1, 0.15) is 22.8 Å². The molecular weight excluding hydrogens is 280 g/mol. The van der Waals surface area contributed by atoms with E-state index in [0.29, 0.717) is 0 Å². The molecule has 1 aliphatic heterocycles. The third-order valence-electron chi connectivity index (χ3n) is 3.18. The Hall–Kier alpha value is -1.47. The number of hydrogen-bond acceptors (Lipinski definition) is 5. The van der Waals surface area contributed by atoms with Crippen molar-refractivity contribution in [2.45, 2.75) is 38.8 Å². The number of carbonyl (C=O) groups excluding carboxylic acids is 1. The van der Waals surface area contributed by atoms with Gasteiger partial charge in [0.25, 0.3) is 5.91 Å². The van der Waals surface area contributed by atoms with Crippen molar-refractivity contribution in [3.63, 3.8) is 0 Å². The van der Waals surface area contributed by atoms with Gasteiger partial charge < -0.3 is 15.2 Å². The molecule has 1 aromatic heterocycles. The van der Waals surface area contributed by atoms with E-state index in [1.807, 2.05) is 0 Å². The summed E-state index contributed by atoms with van der Waals surface area (Å²) in [6, 6.07) is -0.907. The predicted octanol–water partition coefficient (Wildman–Crippen LogP) is 1.83. The molecule has 0 spiro atoms. The fourth-order valence-electron chi connectivity index (χ4n) is 2.04. The largest absolute Gasteiger partial charge is 0.480 e. The number of amides is 1. The van der Waals surface area contributed by atoms with Crippen LogP contribution in [0.15, 0.2) is 5.38 Å². The second kappa shape index (κ2) is 6.32. The molecule has 1 amide bonds. The Kier molecular flexibility index (Phi) is 4.72. The zero-order valence-electron chi connectivity index (χ0n) is 11.5. The summed E-state index contributed by atoms with van der Waals surface area (Å²) < 4.78 is 5.51. The van der Waals surface area contributed by atoms with Crippen LogP contribution in [-0.2, 0) is 9.53 Å². The van der Waals surface area contributed by atoms with Crippen LogP contribution >= 0.6 is 11.3 Å². The van der Waals surface area contributed by atoms with Gasteiger partial charge in [-0.2, -0.15) is 0 Å². The summed E-state index contributed by atoms with van der Waals surface area (Å²) in [5.41, 5.74) is 0.257. The van der Waals surface area contributed by atoms with Gasteiger partial charge in [0.05, 0.1) is 0 Å². The quantitative estimate of drug-likeness (QED) is 0.866. The van der Waals surface area contributed by atoms with Gasteiger partial charge in [-0.25, -0.2) is 9.78 Å². The molecule has 7 heteroatoms. The molecule has 1 aromatic rings. The smallest absolute Gasteiger partial charge is 0.326 e. The van der Waals surface area contributed by atoms with Crippen LogP contribution in [0.3, 0.4) is 0 Å². The molecule has 2 heterocycles. The molecule has 0 saturated carbocycles. The summed E-state index contributed by atoms with van der Waals surface area (Å²) in [7, 11) is 0. The van der Waals surface area contributed by atoms with Crippen molar-refractivity contribution in [1.29, 1.82) is 0 Å². The zero-order valence-corrected chi connectivity index (χ0v) is 12.3. The lowest BCUT2D eigenvalue weighted by Gasteiger charge is -2.17. The Balaban J connectivity index is 2.03. The van der Waals surface area contributed by atoms with E-state index in [1.165, 1.54) is 11.3 Å². The fraction of sp³-hybridized carbons (Fsp3) is 0.615. The van der Waals surface area contributed by atoms with Crippen LogP contribution in [0.1, 0.15) is 48.3 Å². The highest BCUT2D eigenvalue weighted by molar-refractivity contribution is 7.09. The van der Waals surface area contributed by atoms with E-state index in [9.17, 15) is 9.59 Å². The molecule has 20 heavy (non-hydrogen) atoms. The lowest BCUT2D eigenvalue weighted by molar-refractivity contribution is -0.140. The van der Waals surface area contributed by atoms with Gasteiger partial charge in [0, 0.05) is 12.0 Å². The maximum Gasteiger partial charge on any atom is 0.326 e. The number of nitrogens with zero attached hydrogens (tertiary/aromatic N) is 1. The van der Waals surface area contributed by atoms with Crippen molar-refractivity contribution in [3.8, 4) is 0 Å².